The van der Waals surface area contributed by atoms with Gasteiger partial charge in [0.05, 0.1) is 6.61 Å². The Morgan fingerprint density at radius 2 is 2.08 bits per heavy atom. The molecule has 0 saturated heterocycles. The molecule has 0 aliphatic heterocycles. The summed E-state index contributed by atoms with van der Waals surface area (Å²) in [6.45, 7) is 7.01. The van der Waals surface area contributed by atoms with Crippen LogP contribution < -0.4 is 0 Å². The van der Waals surface area contributed by atoms with Crippen molar-refractivity contribution in [3.63, 3.8) is 0 Å². The number of methoxy groups -OCH3 is 1. The van der Waals surface area contributed by atoms with Gasteiger partial charge in [-0.25, -0.2) is 0 Å². The normalized spacial score (nSPS) is 11.7. The van der Waals surface area contributed by atoms with Gasteiger partial charge in [-0.05, 0) is 18.6 Å². The quantitative estimate of drug-likeness (QED) is 0.710. The van der Waals surface area contributed by atoms with Crippen LogP contribution in [0.4, 0.5) is 0 Å². The molecule has 0 spiro atoms. The molecule has 0 N–H and O–H groups in total. The van der Waals surface area contributed by atoms with Crippen LogP contribution >= 0.6 is 0 Å². The Labute approximate surface area is 80.0 Å². The summed E-state index contributed by atoms with van der Waals surface area (Å²) in [6.07, 6.45) is 1.90. The van der Waals surface area contributed by atoms with E-state index in [2.05, 4.69) is 31.0 Å². The van der Waals surface area contributed by atoms with Gasteiger partial charge in [-0.1, -0.05) is 19.9 Å². The van der Waals surface area contributed by atoms with Crippen LogP contribution in [0.15, 0.2) is 18.3 Å². The highest BCUT2D eigenvalue weighted by Crippen LogP contribution is 2.20. The molecule has 0 aromatic carbocycles. The van der Waals surface area contributed by atoms with Crippen LogP contribution in [-0.2, 0) is 10.2 Å². The number of aromatic nitrogens is 1. The van der Waals surface area contributed by atoms with Crippen molar-refractivity contribution in [1.29, 1.82) is 0 Å². The third kappa shape index (κ3) is 2.52. The Morgan fingerprint density at radius 1 is 1.38 bits per heavy atom. The molecule has 0 aliphatic rings. The molecule has 0 radical (unpaired) electrons. The Kier molecular flexibility index (Phi) is 3.04. The van der Waals surface area contributed by atoms with Crippen molar-refractivity contribution in [2.24, 2.45) is 0 Å². The van der Waals surface area contributed by atoms with E-state index in [-0.39, 0.29) is 5.41 Å². The summed E-state index contributed by atoms with van der Waals surface area (Å²) in [5.41, 5.74) is 2.28. The van der Waals surface area contributed by atoms with Crippen molar-refractivity contribution in [2.75, 3.05) is 13.7 Å². The molecule has 0 fully saturated rings. The molecule has 72 valence electrons. The predicted octanol–water partition coefficient (Wildman–Crippen LogP) is 2.31. The molecule has 1 heterocycles. The Bertz CT molecular complexity index is 264. The average molecular weight is 179 g/mol. The van der Waals surface area contributed by atoms with E-state index in [0.29, 0.717) is 6.61 Å². The van der Waals surface area contributed by atoms with Crippen LogP contribution in [0.2, 0.25) is 0 Å². The number of hydrogen-bond acceptors (Lipinski definition) is 2. The maximum atomic E-state index is 5.15. The van der Waals surface area contributed by atoms with Gasteiger partial charge in [-0.2, -0.15) is 0 Å². The minimum atomic E-state index is 0.00243. The minimum absolute atomic E-state index is 0.00243. The summed E-state index contributed by atoms with van der Waals surface area (Å²) >= 11 is 0. The lowest BCUT2D eigenvalue weighted by Gasteiger charge is -2.22. The number of pyridine rings is 1. The second kappa shape index (κ2) is 3.88. The summed E-state index contributed by atoms with van der Waals surface area (Å²) in [7, 11) is 1.72. The lowest BCUT2D eigenvalue weighted by molar-refractivity contribution is 0.144. The second-order valence-corrected chi connectivity index (χ2v) is 4.04. The van der Waals surface area contributed by atoms with E-state index >= 15 is 0 Å². The SMILES string of the molecule is COCC(C)(C)c1ccc(C)cn1. The van der Waals surface area contributed by atoms with Crippen LogP contribution in [0.1, 0.15) is 25.1 Å². The van der Waals surface area contributed by atoms with Gasteiger partial charge in [0.25, 0.3) is 0 Å². The zero-order valence-electron chi connectivity index (χ0n) is 8.79. The largest absolute Gasteiger partial charge is 0.384 e. The van der Waals surface area contributed by atoms with Crippen LogP contribution in [-0.4, -0.2) is 18.7 Å². The fourth-order valence-corrected chi connectivity index (χ4v) is 1.30. The van der Waals surface area contributed by atoms with Crippen molar-refractivity contribution < 1.29 is 4.74 Å². The van der Waals surface area contributed by atoms with Crippen molar-refractivity contribution in [1.82, 2.24) is 4.98 Å². The standard InChI is InChI=1S/C11H17NO/c1-9-5-6-10(12-7-9)11(2,3)8-13-4/h5-7H,8H2,1-4H3. The van der Waals surface area contributed by atoms with Gasteiger partial charge in [0.2, 0.25) is 0 Å². The molecule has 1 aromatic rings. The molecule has 0 saturated carbocycles. The molecule has 0 bridgehead atoms. The number of hydrogen-bond donors (Lipinski definition) is 0. The third-order valence-corrected chi connectivity index (χ3v) is 2.11. The van der Waals surface area contributed by atoms with Gasteiger partial charge in [0.1, 0.15) is 0 Å². The maximum absolute atomic E-state index is 5.15. The Morgan fingerprint density at radius 3 is 2.54 bits per heavy atom. The van der Waals surface area contributed by atoms with E-state index in [1.807, 2.05) is 13.1 Å². The summed E-state index contributed by atoms with van der Waals surface area (Å²) < 4.78 is 5.15. The van der Waals surface area contributed by atoms with Crippen LogP contribution in [0.5, 0.6) is 0 Å². The van der Waals surface area contributed by atoms with E-state index in [9.17, 15) is 0 Å². The highest BCUT2D eigenvalue weighted by molar-refractivity contribution is 5.18. The maximum Gasteiger partial charge on any atom is 0.0568 e. The highest BCUT2D eigenvalue weighted by Gasteiger charge is 2.21. The molecule has 1 rings (SSSR count). The zero-order chi connectivity index (χ0) is 9.90. The van der Waals surface area contributed by atoms with Gasteiger partial charge in [0.15, 0.2) is 0 Å². The number of ether oxygens (including phenoxy) is 1. The van der Waals surface area contributed by atoms with E-state index in [1.54, 1.807) is 7.11 Å². The van der Waals surface area contributed by atoms with Gasteiger partial charge in [-0.15, -0.1) is 0 Å². The molecule has 0 amide bonds. The molecule has 0 aliphatic carbocycles. The molecule has 0 unspecified atom stereocenters. The molecule has 1 aromatic heterocycles. The lowest BCUT2D eigenvalue weighted by Crippen LogP contribution is -2.24. The Balaban J connectivity index is 2.87. The molecular formula is C11H17NO. The third-order valence-electron chi connectivity index (χ3n) is 2.11. The molecular weight excluding hydrogens is 162 g/mol. The monoisotopic (exact) mass is 179 g/mol. The van der Waals surface area contributed by atoms with Gasteiger partial charge in [-0.3, -0.25) is 4.98 Å². The smallest absolute Gasteiger partial charge is 0.0568 e. The van der Waals surface area contributed by atoms with Crippen LogP contribution in [0.25, 0.3) is 0 Å². The van der Waals surface area contributed by atoms with Crippen molar-refractivity contribution in [3.8, 4) is 0 Å². The van der Waals surface area contributed by atoms with E-state index in [0.717, 1.165) is 5.69 Å². The number of aryl methyl sites for hydroxylation is 1. The van der Waals surface area contributed by atoms with Gasteiger partial charge < -0.3 is 4.74 Å². The molecule has 2 nitrogen and oxygen atoms in total. The summed E-state index contributed by atoms with van der Waals surface area (Å²) in [5, 5.41) is 0. The highest BCUT2D eigenvalue weighted by atomic mass is 16.5. The zero-order valence-corrected chi connectivity index (χ0v) is 8.79. The average Bonchev–Trinajstić information content (AvgIpc) is 2.05. The number of rotatable bonds is 3. The first kappa shape index (κ1) is 10.2. The van der Waals surface area contributed by atoms with Crippen molar-refractivity contribution in [2.45, 2.75) is 26.2 Å². The minimum Gasteiger partial charge on any atom is -0.384 e. The molecule has 13 heavy (non-hydrogen) atoms. The first-order chi connectivity index (χ1) is 6.06. The van der Waals surface area contributed by atoms with Crippen LogP contribution in [0.3, 0.4) is 0 Å². The predicted molar refractivity (Wildman–Crippen MR) is 53.9 cm³/mol. The Hall–Kier alpha value is -0.890. The van der Waals surface area contributed by atoms with Crippen molar-refractivity contribution >= 4 is 0 Å². The second-order valence-electron chi connectivity index (χ2n) is 4.04. The fourth-order valence-electron chi connectivity index (χ4n) is 1.30. The lowest BCUT2D eigenvalue weighted by atomic mass is 9.90. The fraction of sp³-hybridized carbons (Fsp3) is 0.545. The van der Waals surface area contributed by atoms with E-state index in [4.69, 9.17) is 4.74 Å². The van der Waals surface area contributed by atoms with E-state index < -0.39 is 0 Å². The number of nitrogens with zero attached hydrogens (tertiary/aromatic N) is 1. The van der Waals surface area contributed by atoms with E-state index in [1.165, 1.54) is 5.56 Å². The topological polar surface area (TPSA) is 22.1 Å². The summed E-state index contributed by atoms with van der Waals surface area (Å²) in [4.78, 5) is 4.39. The van der Waals surface area contributed by atoms with Gasteiger partial charge >= 0.3 is 0 Å². The first-order valence-electron chi connectivity index (χ1n) is 4.48. The van der Waals surface area contributed by atoms with Gasteiger partial charge in [0, 0.05) is 24.4 Å². The molecule has 0 atom stereocenters. The first-order valence-corrected chi connectivity index (χ1v) is 4.48. The van der Waals surface area contributed by atoms with Crippen LogP contribution in [0, 0.1) is 6.92 Å². The summed E-state index contributed by atoms with van der Waals surface area (Å²) in [6, 6.07) is 4.15. The summed E-state index contributed by atoms with van der Waals surface area (Å²) in [5.74, 6) is 0. The molecule has 2 heteroatoms. The van der Waals surface area contributed by atoms with Crippen molar-refractivity contribution in [3.05, 3.63) is 29.6 Å².